The number of hydrogen-bond donors (Lipinski definition) is 1. The Balaban J connectivity index is 1.55. The fourth-order valence-electron chi connectivity index (χ4n) is 2.78. The zero-order chi connectivity index (χ0) is 17.8. The molecule has 0 aliphatic carbocycles. The summed E-state index contributed by atoms with van der Waals surface area (Å²) in [6, 6.07) is 17.3. The molecule has 0 saturated heterocycles. The number of halogens is 1. The van der Waals surface area contributed by atoms with Crippen LogP contribution in [0.5, 0.6) is 0 Å². The summed E-state index contributed by atoms with van der Waals surface area (Å²) in [6.07, 6.45) is 0. The van der Waals surface area contributed by atoms with E-state index in [0.29, 0.717) is 18.1 Å². The topological polar surface area (TPSA) is 45.5 Å². The van der Waals surface area contributed by atoms with Crippen LogP contribution in [0.2, 0.25) is 5.02 Å². The van der Waals surface area contributed by atoms with Crippen molar-refractivity contribution in [2.75, 3.05) is 13.6 Å². The zero-order valence-corrected chi connectivity index (χ0v) is 15.1. The van der Waals surface area contributed by atoms with Crippen LogP contribution in [0.25, 0.3) is 11.0 Å². The van der Waals surface area contributed by atoms with Gasteiger partial charge in [0.05, 0.1) is 12.6 Å². The molecule has 0 radical (unpaired) electrons. The molecular weight excluding hydrogens is 336 g/mol. The molecule has 1 N–H and O–H groups in total. The lowest BCUT2D eigenvalue weighted by atomic mass is 10.2. The van der Waals surface area contributed by atoms with E-state index in [1.807, 2.05) is 73.5 Å². The van der Waals surface area contributed by atoms with Gasteiger partial charge in [-0.1, -0.05) is 41.9 Å². The minimum atomic E-state index is -0.177. The average molecular weight is 357 g/mol. The fourth-order valence-corrected chi connectivity index (χ4v) is 2.90. The van der Waals surface area contributed by atoms with E-state index in [1.165, 1.54) is 0 Å². The van der Waals surface area contributed by atoms with Crippen LogP contribution in [0.15, 0.2) is 59.0 Å². The van der Waals surface area contributed by atoms with Crippen LogP contribution in [0.4, 0.5) is 0 Å². The van der Waals surface area contributed by atoms with Gasteiger partial charge < -0.3 is 9.73 Å². The van der Waals surface area contributed by atoms with E-state index in [4.69, 9.17) is 16.0 Å². The van der Waals surface area contributed by atoms with E-state index < -0.39 is 0 Å². The van der Waals surface area contributed by atoms with Gasteiger partial charge in [-0.15, -0.1) is 0 Å². The summed E-state index contributed by atoms with van der Waals surface area (Å²) in [7, 11) is 1.92. The molecule has 0 bridgehead atoms. The van der Waals surface area contributed by atoms with Gasteiger partial charge in [0.1, 0.15) is 11.3 Å². The lowest BCUT2D eigenvalue weighted by Crippen LogP contribution is -2.36. The maximum Gasteiger partial charge on any atom is 0.234 e. The minimum Gasteiger partial charge on any atom is -0.459 e. The molecule has 130 valence electrons. The average Bonchev–Trinajstić information content (AvgIpc) is 3.01. The van der Waals surface area contributed by atoms with Gasteiger partial charge in [-0.3, -0.25) is 9.69 Å². The van der Waals surface area contributed by atoms with Gasteiger partial charge >= 0.3 is 0 Å². The summed E-state index contributed by atoms with van der Waals surface area (Å²) < 4.78 is 5.80. The van der Waals surface area contributed by atoms with Gasteiger partial charge in [0.2, 0.25) is 5.91 Å². The number of carbonyl (C=O) groups excluding carboxylic acids is 1. The highest BCUT2D eigenvalue weighted by Gasteiger charge is 2.15. The summed E-state index contributed by atoms with van der Waals surface area (Å²) in [6.45, 7) is 2.92. The Morgan fingerprint density at radius 2 is 1.92 bits per heavy atom. The minimum absolute atomic E-state index is 0.0376. The van der Waals surface area contributed by atoms with Gasteiger partial charge in [-0.05, 0) is 43.8 Å². The van der Waals surface area contributed by atoms with E-state index in [2.05, 4.69) is 5.32 Å². The summed E-state index contributed by atoms with van der Waals surface area (Å²) in [4.78, 5) is 14.2. The number of rotatable bonds is 6. The van der Waals surface area contributed by atoms with Crippen molar-refractivity contribution in [3.63, 3.8) is 0 Å². The van der Waals surface area contributed by atoms with Crippen LogP contribution in [0.1, 0.15) is 24.3 Å². The molecule has 0 saturated carbocycles. The van der Waals surface area contributed by atoms with Crippen LogP contribution in [-0.2, 0) is 11.3 Å². The molecule has 0 aliphatic heterocycles. The number of amides is 1. The van der Waals surface area contributed by atoms with Gasteiger partial charge in [0, 0.05) is 17.0 Å². The van der Waals surface area contributed by atoms with Gasteiger partial charge in [0.25, 0.3) is 0 Å². The predicted octanol–water partition coefficient (Wildman–Crippen LogP) is 4.40. The standard InChI is InChI=1S/C20H21ClN2O2/c1-14(19-11-16-5-3-4-6-18(16)25-19)22-20(24)13-23(2)12-15-7-9-17(21)10-8-15/h3-11,14H,12-13H2,1-2H3,(H,22,24)/t14-/m0/s1. The molecule has 1 aromatic heterocycles. The third-order valence-corrected chi connectivity index (χ3v) is 4.28. The second kappa shape index (κ2) is 7.72. The summed E-state index contributed by atoms with van der Waals surface area (Å²) in [5.41, 5.74) is 1.95. The smallest absolute Gasteiger partial charge is 0.234 e. The number of carbonyl (C=O) groups is 1. The normalized spacial score (nSPS) is 12.5. The first-order valence-electron chi connectivity index (χ1n) is 8.22. The molecule has 0 aliphatic rings. The molecule has 0 fully saturated rings. The molecular formula is C20H21ClN2O2. The first-order valence-corrected chi connectivity index (χ1v) is 8.60. The predicted molar refractivity (Wildman–Crippen MR) is 101 cm³/mol. The van der Waals surface area contributed by atoms with Crippen molar-refractivity contribution in [3.05, 3.63) is 70.9 Å². The Bertz CT molecular complexity index is 825. The van der Waals surface area contributed by atoms with Crippen LogP contribution in [0.3, 0.4) is 0 Å². The van der Waals surface area contributed by atoms with Crippen LogP contribution < -0.4 is 5.32 Å². The van der Waals surface area contributed by atoms with Crippen molar-refractivity contribution in [2.24, 2.45) is 0 Å². The Hall–Kier alpha value is -2.30. The van der Waals surface area contributed by atoms with Crippen molar-refractivity contribution < 1.29 is 9.21 Å². The lowest BCUT2D eigenvalue weighted by molar-refractivity contribution is -0.122. The van der Waals surface area contributed by atoms with Gasteiger partial charge in [-0.25, -0.2) is 0 Å². The monoisotopic (exact) mass is 356 g/mol. The van der Waals surface area contributed by atoms with Crippen LogP contribution in [0, 0.1) is 0 Å². The van der Waals surface area contributed by atoms with E-state index in [1.54, 1.807) is 0 Å². The van der Waals surface area contributed by atoms with Crippen LogP contribution >= 0.6 is 11.6 Å². The molecule has 1 atom stereocenters. The summed E-state index contributed by atoms with van der Waals surface area (Å²) >= 11 is 5.89. The summed E-state index contributed by atoms with van der Waals surface area (Å²) in [5.74, 6) is 0.722. The first kappa shape index (κ1) is 17.5. The van der Waals surface area contributed by atoms with E-state index >= 15 is 0 Å². The number of likely N-dealkylation sites (N-methyl/N-ethyl adjacent to an activating group) is 1. The summed E-state index contributed by atoms with van der Waals surface area (Å²) in [5, 5.41) is 4.74. The highest BCUT2D eigenvalue weighted by molar-refractivity contribution is 6.30. The number of hydrogen-bond acceptors (Lipinski definition) is 3. The van der Waals surface area contributed by atoms with Crippen molar-refractivity contribution in [1.29, 1.82) is 0 Å². The molecule has 25 heavy (non-hydrogen) atoms. The van der Waals surface area contributed by atoms with E-state index in [-0.39, 0.29) is 11.9 Å². The molecule has 1 heterocycles. The second-order valence-electron chi connectivity index (χ2n) is 6.27. The maximum atomic E-state index is 12.3. The molecule has 2 aromatic carbocycles. The molecule has 1 amide bonds. The number of nitrogens with zero attached hydrogens (tertiary/aromatic N) is 1. The molecule has 3 rings (SSSR count). The van der Waals surface area contributed by atoms with Crippen molar-refractivity contribution in [3.8, 4) is 0 Å². The highest BCUT2D eigenvalue weighted by Crippen LogP contribution is 2.23. The van der Waals surface area contributed by atoms with Crippen LogP contribution in [-0.4, -0.2) is 24.4 Å². The Labute approximate surface area is 152 Å². The number of furan rings is 1. The number of nitrogens with one attached hydrogen (secondary N) is 1. The van der Waals surface area contributed by atoms with E-state index in [0.717, 1.165) is 22.3 Å². The second-order valence-corrected chi connectivity index (χ2v) is 6.71. The number of benzene rings is 2. The molecule has 0 unspecified atom stereocenters. The SMILES string of the molecule is C[C@H](NC(=O)CN(C)Cc1ccc(Cl)cc1)c1cc2ccccc2o1. The quantitative estimate of drug-likeness (QED) is 0.712. The Kier molecular flexibility index (Phi) is 5.41. The number of para-hydroxylation sites is 1. The Morgan fingerprint density at radius 1 is 1.20 bits per heavy atom. The zero-order valence-electron chi connectivity index (χ0n) is 14.3. The third-order valence-electron chi connectivity index (χ3n) is 4.03. The van der Waals surface area contributed by atoms with Crippen molar-refractivity contribution in [2.45, 2.75) is 19.5 Å². The maximum absolute atomic E-state index is 12.3. The molecule has 3 aromatic rings. The van der Waals surface area contributed by atoms with Crippen molar-refractivity contribution >= 4 is 28.5 Å². The molecule has 0 spiro atoms. The van der Waals surface area contributed by atoms with Crippen molar-refractivity contribution in [1.82, 2.24) is 10.2 Å². The van der Waals surface area contributed by atoms with Gasteiger partial charge in [0.15, 0.2) is 0 Å². The fraction of sp³-hybridized carbons (Fsp3) is 0.250. The largest absolute Gasteiger partial charge is 0.459 e. The lowest BCUT2D eigenvalue weighted by Gasteiger charge is -2.18. The molecule has 4 nitrogen and oxygen atoms in total. The Morgan fingerprint density at radius 3 is 2.64 bits per heavy atom. The van der Waals surface area contributed by atoms with E-state index in [9.17, 15) is 4.79 Å². The molecule has 5 heteroatoms. The first-order chi connectivity index (χ1) is 12.0. The van der Waals surface area contributed by atoms with Gasteiger partial charge in [-0.2, -0.15) is 0 Å². The third kappa shape index (κ3) is 4.62. The highest BCUT2D eigenvalue weighted by atomic mass is 35.5. The number of fused-ring (bicyclic) bond motifs is 1.